The number of hydrogen-bond donors (Lipinski definition) is 0. The molecule has 4 nitrogen and oxygen atoms in total. The molecular formula is C27H20F6N2O2S2. The predicted molar refractivity (Wildman–Crippen MR) is 139 cm³/mol. The van der Waals surface area contributed by atoms with Crippen molar-refractivity contribution in [2.24, 2.45) is 0 Å². The molecule has 1 aliphatic carbocycles. The van der Waals surface area contributed by atoms with Crippen LogP contribution in [-0.2, 0) is 0 Å². The second-order valence-corrected chi connectivity index (χ2v) is 11.2. The highest BCUT2D eigenvalue weighted by molar-refractivity contribution is 7.15. The highest BCUT2D eigenvalue weighted by Crippen LogP contribution is 2.65. The van der Waals surface area contributed by atoms with Crippen LogP contribution in [0.5, 0.6) is 11.5 Å². The Kier molecular flexibility index (Phi) is 6.53. The molecule has 0 aliphatic heterocycles. The van der Waals surface area contributed by atoms with Crippen LogP contribution in [-0.4, -0.2) is 42.0 Å². The van der Waals surface area contributed by atoms with E-state index in [2.05, 4.69) is 9.97 Å². The lowest BCUT2D eigenvalue weighted by Gasteiger charge is -2.25. The normalized spacial score (nSPS) is 17.5. The lowest BCUT2D eigenvalue weighted by atomic mass is 10.0. The lowest BCUT2D eigenvalue weighted by Crippen LogP contribution is -2.49. The maximum absolute atomic E-state index is 15.4. The van der Waals surface area contributed by atoms with Crippen LogP contribution in [0.2, 0.25) is 0 Å². The smallest absolute Gasteiger partial charge is 0.380 e. The first kappa shape index (κ1) is 27.2. The number of nitrogens with zero attached hydrogens (tertiary/aromatic N) is 2. The molecule has 2 aromatic heterocycles. The quantitative estimate of drug-likeness (QED) is 0.214. The van der Waals surface area contributed by atoms with Crippen LogP contribution in [0.25, 0.3) is 32.3 Å². The number of ether oxygens (including phenoxy) is 2. The minimum atomic E-state index is -5.70. The molecule has 0 saturated heterocycles. The largest absolute Gasteiger partial charge is 0.497 e. The fourth-order valence-electron chi connectivity index (χ4n) is 4.33. The van der Waals surface area contributed by atoms with Gasteiger partial charge in [-0.1, -0.05) is 0 Å². The molecule has 0 radical (unpaired) electrons. The summed E-state index contributed by atoms with van der Waals surface area (Å²) in [6.07, 6.45) is 0. The molecule has 0 bridgehead atoms. The molecule has 204 valence electrons. The van der Waals surface area contributed by atoms with E-state index >= 15 is 17.6 Å². The maximum Gasteiger partial charge on any atom is 0.380 e. The Morgan fingerprint density at radius 3 is 1.23 bits per heavy atom. The molecule has 0 amide bonds. The molecule has 39 heavy (non-hydrogen) atoms. The van der Waals surface area contributed by atoms with E-state index in [1.54, 1.807) is 48.5 Å². The summed E-state index contributed by atoms with van der Waals surface area (Å²) in [5, 5.41) is 0.417. The molecule has 0 fully saturated rings. The van der Waals surface area contributed by atoms with E-state index in [1.165, 1.54) is 28.1 Å². The van der Waals surface area contributed by atoms with Crippen molar-refractivity contribution >= 4 is 33.8 Å². The number of alkyl halides is 6. The topological polar surface area (TPSA) is 44.2 Å². The molecule has 0 spiro atoms. The zero-order valence-electron chi connectivity index (χ0n) is 20.9. The van der Waals surface area contributed by atoms with Crippen LogP contribution < -0.4 is 9.47 Å². The van der Waals surface area contributed by atoms with Crippen LogP contribution >= 0.6 is 22.7 Å². The van der Waals surface area contributed by atoms with Gasteiger partial charge in [0.15, 0.2) is 0 Å². The van der Waals surface area contributed by atoms with Gasteiger partial charge in [-0.25, -0.2) is 9.97 Å². The van der Waals surface area contributed by atoms with Crippen molar-refractivity contribution in [1.82, 2.24) is 9.97 Å². The SMILES string of the molecule is COc1ccc(-c2nc(C3=C(c4nc(-c5ccc(OC)cc5)sc4C)C(F)(F)C(F)(F)C3(F)F)c(C)s2)cc1. The third kappa shape index (κ3) is 4.11. The van der Waals surface area contributed by atoms with Gasteiger partial charge >= 0.3 is 17.8 Å². The molecule has 0 saturated carbocycles. The van der Waals surface area contributed by atoms with Crippen molar-refractivity contribution in [3.63, 3.8) is 0 Å². The van der Waals surface area contributed by atoms with E-state index in [9.17, 15) is 8.78 Å². The van der Waals surface area contributed by atoms with Gasteiger partial charge in [0, 0.05) is 20.9 Å². The lowest BCUT2D eigenvalue weighted by molar-refractivity contribution is -0.254. The first-order valence-corrected chi connectivity index (χ1v) is 13.1. The Balaban J connectivity index is 1.72. The van der Waals surface area contributed by atoms with Crippen molar-refractivity contribution in [2.75, 3.05) is 14.2 Å². The van der Waals surface area contributed by atoms with Gasteiger partial charge in [-0.15, -0.1) is 22.7 Å². The Labute approximate surface area is 227 Å². The van der Waals surface area contributed by atoms with E-state index in [1.807, 2.05) is 0 Å². The fraction of sp³-hybridized carbons (Fsp3) is 0.259. The fourth-order valence-corrected chi connectivity index (χ4v) is 6.18. The zero-order chi connectivity index (χ0) is 28.3. The van der Waals surface area contributed by atoms with E-state index in [0.717, 1.165) is 22.7 Å². The second-order valence-electron chi connectivity index (χ2n) is 8.78. The van der Waals surface area contributed by atoms with E-state index in [0.29, 0.717) is 22.6 Å². The average molecular weight is 583 g/mol. The third-order valence-electron chi connectivity index (χ3n) is 6.41. The molecule has 5 rings (SSSR count). The average Bonchev–Trinajstić information content (AvgIpc) is 3.51. The van der Waals surface area contributed by atoms with Crippen molar-refractivity contribution < 1.29 is 35.8 Å². The summed E-state index contributed by atoms with van der Waals surface area (Å²) in [5.41, 5.74) is -3.27. The van der Waals surface area contributed by atoms with Crippen molar-refractivity contribution in [2.45, 2.75) is 31.6 Å². The molecule has 2 aromatic carbocycles. The number of methoxy groups -OCH3 is 2. The first-order valence-electron chi connectivity index (χ1n) is 11.5. The Bertz CT molecular complexity index is 1460. The summed E-state index contributed by atoms with van der Waals surface area (Å²) in [6.45, 7) is 2.76. The number of thiazole rings is 2. The van der Waals surface area contributed by atoms with E-state index < -0.39 is 40.3 Å². The minimum Gasteiger partial charge on any atom is -0.497 e. The minimum absolute atomic E-state index is 0.0877. The number of rotatable bonds is 6. The highest BCUT2D eigenvalue weighted by Gasteiger charge is 2.81. The number of hydrogen-bond acceptors (Lipinski definition) is 6. The molecule has 0 N–H and O–H groups in total. The van der Waals surface area contributed by atoms with Crippen LogP contribution in [0, 0.1) is 13.8 Å². The monoisotopic (exact) mass is 582 g/mol. The van der Waals surface area contributed by atoms with Crippen LogP contribution in [0.15, 0.2) is 48.5 Å². The van der Waals surface area contributed by atoms with Crippen LogP contribution in [0.1, 0.15) is 21.1 Å². The summed E-state index contributed by atoms with van der Waals surface area (Å²) in [5.74, 6) is -15.1. The van der Waals surface area contributed by atoms with Gasteiger partial charge in [0.25, 0.3) is 0 Å². The van der Waals surface area contributed by atoms with Crippen molar-refractivity contribution in [3.05, 3.63) is 69.7 Å². The zero-order valence-corrected chi connectivity index (χ0v) is 22.5. The van der Waals surface area contributed by atoms with Gasteiger partial charge in [0.05, 0.1) is 36.8 Å². The first-order chi connectivity index (χ1) is 18.3. The Hall–Kier alpha value is -3.38. The summed E-state index contributed by atoms with van der Waals surface area (Å²) >= 11 is 1.87. The number of halogens is 6. The van der Waals surface area contributed by atoms with Gasteiger partial charge in [-0.05, 0) is 62.4 Å². The Morgan fingerprint density at radius 2 is 0.923 bits per heavy atom. The van der Waals surface area contributed by atoms with Gasteiger partial charge in [0.1, 0.15) is 21.5 Å². The summed E-state index contributed by atoms with van der Waals surface area (Å²) in [4.78, 5) is 8.51. The molecule has 12 heteroatoms. The van der Waals surface area contributed by atoms with Gasteiger partial charge in [-0.2, -0.15) is 26.3 Å². The Morgan fingerprint density at radius 1 is 0.590 bits per heavy atom. The maximum atomic E-state index is 15.4. The van der Waals surface area contributed by atoms with Gasteiger partial charge < -0.3 is 9.47 Å². The molecule has 1 aliphatic rings. The number of allylic oxidation sites excluding steroid dienone is 2. The molecule has 4 aromatic rings. The van der Waals surface area contributed by atoms with E-state index in [4.69, 9.17) is 9.47 Å². The predicted octanol–water partition coefficient (Wildman–Crippen LogP) is 8.40. The second kappa shape index (κ2) is 9.37. The van der Waals surface area contributed by atoms with E-state index in [-0.39, 0.29) is 19.8 Å². The van der Waals surface area contributed by atoms with Gasteiger partial charge in [0.2, 0.25) is 0 Å². The number of aryl methyl sites for hydroxylation is 2. The summed E-state index contributed by atoms with van der Waals surface area (Å²) in [6, 6.07) is 12.9. The molecule has 0 atom stereocenters. The van der Waals surface area contributed by atoms with Crippen LogP contribution in [0.3, 0.4) is 0 Å². The van der Waals surface area contributed by atoms with Crippen LogP contribution in [0.4, 0.5) is 26.3 Å². The van der Waals surface area contributed by atoms with Crippen molar-refractivity contribution in [1.29, 1.82) is 0 Å². The summed E-state index contributed by atoms with van der Waals surface area (Å²) < 4.78 is 101. The molecular weight excluding hydrogens is 562 g/mol. The number of aromatic nitrogens is 2. The molecule has 0 unspecified atom stereocenters. The molecule has 2 heterocycles. The number of benzene rings is 2. The third-order valence-corrected chi connectivity index (χ3v) is 8.45. The standard InChI is InChI=1S/C27H20F6N2O2S2/c1-13-21(34-23(38-13)15-5-9-17(36-3)10-6-15)19-20(26(30,31)27(32,33)25(19,28)29)22-14(2)39-24(35-22)16-7-11-18(37-4)12-8-16/h5-12H,1-4H3. The van der Waals surface area contributed by atoms with Gasteiger partial charge in [-0.3, -0.25) is 0 Å². The summed E-state index contributed by atoms with van der Waals surface area (Å²) in [7, 11) is 2.94. The highest BCUT2D eigenvalue weighted by atomic mass is 32.1. The van der Waals surface area contributed by atoms with Crippen molar-refractivity contribution in [3.8, 4) is 32.6 Å².